The average molecular weight is 452 g/mol. The summed E-state index contributed by atoms with van der Waals surface area (Å²) in [4.78, 5) is 10.7. The quantitative estimate of drug-likeness (QED) is 0.321. The van der Waals surface area contributed by atoms with Gasteiger partial charge < -0.3 is 11.0 Å². The molecule has 8 N–H and O–H groups in total. The first-order valence-corrected chi connectivity index (χ1v) is 9.29. The van der Waals surface area contributed by atoms with Crippen molar-refractivity contribution >= 4 is 30.5 Å². The largest absolute Gasteiger partial charge is 1.00 e. The predicted molar refractivity (Wildman–Crippen MR) is 75.5 cm³/mol. The molecule has 1 aromatic rings. The fraction of sp³-hybridized carbons (Fsp3) is 0.417. The van der Waals surface area contributed by atoms with E-state index in [-0.39, 0.29) is 40.5 Å². The van der Waals surface area contributed by atoms with Crippen LogP contribution in [0.3, 0.4) is 0 Å². The Labute approximate surface area is 162 Å². The normalized spacial score (nSPS) is 22.9. The van der Waals surface area contributed by atoms with E-state index in [4.69, 9.17) is 11.1 Å². The number of carboxylic acid groups (broad SMARTS) is 1. The molecule has 1 saturated heterocycles. The Kier molecular flexibility index (Phi) is 13.0. The van der Waals surface area contributed by atoms with Gasteiger partial charge in [0.1, 0.15) is 0 Å². The van der Waals surface area contributed by atoms with Gasteiger partial charge in [-0.15, -0.1) is 0 Å². The first-order valence-electron chi connectivity index (χ1n) is 5.93. The van der Waals surface area contributed by atoms with Crippen LogP contribution in [0, 0.1) is 0 Å². The molecule has 4 unspecified atom stereocenters. The maximum atomic E-state index is 10.7. The van der Waals surface area contributed by atoms with Gasteiger partial charge >= 0.3 is 153 Å². The molecule has 126 valence electrons. The van der Waals surface area contributed by atoms with Gasteiger partial charge in [0, 0.05) is 0 Å². The second kappa shape index (κ2) is 11.7. The Morgan fingerprint density at radius 3 is 2.22 bits per heavy atom. The third kappa shape index (κ3) is 6.22. The van der Waals surface area contributed by atoms with Crippen LogP contribution in [0.4, 0.5) is 0 Å². The monoisotopic (exact) mass is 451 g/mol. The van der Waals surface area contributed by atoms with Gasteiger partial charge in [-0.25, -0.2) is 0 Å². The van der Waals surface area contributed by atoms with Crippen LogP contribution in [0.15, 0.2) is 30.3 Å². The Hall–Kier alpha value is 0.228. The molecular formula is C12H19NaO9Sb+. The van der Waals surface area contributed by atoms with Gasteiger partial charge in [0.2, 0.25) is 0 Å². The van der Waals surface area contributed by atoms with E-state index in [1.165, 1.54) is 0 Å². The van der Waals surface area contributed by atoms with E-state index in [1.807, 2.05) is 30.3 Å². The second-order valence-corrected chi connectivity index (χ2v) is 8.41. The van der Waals surface area contributed by atoms with Crippen molar-refractivity contribution < 1.29 is 71.8 Å². The maximum Gasteiger partial charge on any atom is 1.00 e. The van der Waals surface area contributed by atoms with Gasteiger partial charge in [0.25, 0.3) is 0 Å². The first kappa shape index (κ1) is 25.5. The smallest absolute Gasteiger partial charge is 1.00 e. The molecule has 0 radical (unpaired) electrons. The van der Waals surface area contributed by atoms with Crippen molar-refractivity contribution in [1.29, 1.82) is 0 Å². The van der Waals surface area contributed by atoms with Gasteiger partial charge in [-0.05, 0) is 0 Å². The summed E-state index contributed by atoms with van der Waals surface area (Å²) in [5.74, 6) is -1.55. The van der Waals surface area contributed by atoms with Crippen molar-refractivity contribution in [2.75, 3.05) is 6.61 Å². The molecule has 4 atom stereocenters. The molecule has 1 fully saturated rings. The van der Waals surface area contributed by atoms with Gasteiger partial charge in [0.15, 0.2) is 0 Å². The SMILES string of the molecule is O.O.O=C(O)C(O)C(O)C1[O][Sb]([c]2ccccc2)[O]C1CO.[Na+]. The van der Waals surface area contributed by atoms with E-state index in [2.05, 4.69) is 0 Å². The van der Waals surface area contributed by atoms with Crippen LogP contribution in [0.25, 0.3) is 0 Å². The van der Waals surface area contributed by atoms with Crippen LogP contribution >= 0.6 is 0 Å². The van der Waals surface area contributed by atoms with Crippen molar-refractivity contribution in [3.05, 3.63) is 30.3 Å². The Balaban J connectivity index is 0. The Bertz CT molecular complexity index is 463. The number of rotatable bonds is 5. The van der Waals surface area contributed by atoms with Crippen molar-refractivity contribution in [1.82, 2.24) is 0 Å². The zero-order valence-corrected chi connectivity index (χ0v) is 16.9. The molecule has 0 amide bonds. The summed E-state index contributed by atoms with van der Waals surface area (Å²) in [7, 11) is 0. The van der Waals surface area contributed by atoms with E-state index in [0.29, 0.717) is 0 Å². The molecule has 1 aliphatic rings. The summed E-state index contributed by atoms with van der Waals surface area (Å²) in [5.41, 5.74) is 0. The Morgan fingerprint density at radius 2 is 1.74 bits per heavy atom. The van der Waals surface area contributed by atoms with E-state index in [0.717, 1.165) is 3.51 Å². The van der Waals surface area contributed by atoms with Crippen LogP contribution < -0.4 is 33.1 Å². The van der Waals surface area contributed by atoms with Crippen molar-refractivity contribution in [3.8, 4) is 0 Å². The van der Waals surface area contributed by atoms with Crippen LogP contribution in [0.2, 0.25) is 0 Å². The van der Waals surface area contributed by atoms with Gasteiger partial charge in [-0.3, -0.25) is 0 Å². The van der Waals surface area contributed by atoms with Crippen LogP contribution in [0.5, 0.6) is 0 Å². The van der Waals surface area contributed by atoms with Crippen molar-refractivity contribution in [2.24, 2.45) is 0 Å². The predicted octanol–water partition coefficient (Wildman–Crippen LogP) is -6.68. The first-order chi connectivity index (χ1) is 9.54. The van der Waals surface area contributed by atoms with Gasteiger partial charge in [0.05, 0.1) is 0 Å². The summed E-state index contributed by atoms with van der Waals surface area (Å²) in [6, 6.07) is 9.11. The summed E-state index contributed by atoms with van der Waals surface area (Å²) < 4.78 is 12.1. The molecule has 0 bridgehead atoms. The number of aliphatic carboxylic acids is 1. The number of hydrogen-bond acceptors (Lipinski definition) is 6. The fourth-order valence-corrected chi connectivity index (χ4v) is 6.43. The molecule has 1 aromatic carbocycles. The van der Waals surface area contributed by atoms with Crippen molar-refractivity contribution in [3.63, 3.8) is 0 Å². The summed E-state index contributed by atoms with van der Waals surface area (Å²) >= 11 is -2.81. The third-order valence-electron chi connectivity index (χ3n) is 2.88. The summed E-state index contributed by atoms with van der Waals surface area (Å²) in [6.07, 6.45) is -5.51. The summed E-state index contributed by atoms with van der Waals surface area (Å²) in [5, 5.41) is 37.2. The maximum absolute atomic E-state index is 10.7. The van der Waals surface area contributed by atoms with Gasteiger partial charge in [-0.2, -0.15) is 0 Å². The number of aliphatic hydroxyl groups is 3. The topological polar surface area (TPSA) is 179 Å². The molecule has 0 aliphatic carbocycles. The van der Waals surface area contributed by atoms with Gasteiger partial charge in [-0.1, -0.05) is 0 Å². The summed E-state index contributed by atoms with van der Waals surface area (Å²) in [6.45, 7) is -0.415. The molecular weight excluding hydrogens is 433 g/mol. The van der Waals surface area contributed by atoms with E-state index >= 15 is 0 Å². The molecule has 0 spiro atoms. The Morgan fingerprint density at radius 1 is 1.17 bits per heavy atom. The minimum absolute atomic E-state index is 0. The minimum Gasteiger partial charge on any atom is 1.00 e. The van der Waals surface area contributed by atoms with Crippen LogP contribution in [0.1, 0.15) is 0 Å². The van der Waals surface area contributed by atoms with E-state index < -0.39 is 58.0 Å². The number of aliphatic hydroxyl groups excluding tert-OH is 3. The average Bonchev–Trinajstić information content (AvgIpc) is 2.90. The third-order valence-corrected chi connectivity index (χ3v) is 7.49. The number of carbonyl (C=O) groups is 1. The van der Waals surface area contributed by atoms with E-state index in [9.17, 15) is 20.1 Å². The molecule has 11 heteroatoms. The molecule has 0 saturated carbocycles. The zero-order valence-electron chi connectivity index (χ0n) is 12.4. The van der Waals surface area contributed by atoms with Crippen molar-refractivity contribution in [2.45, 2.75) is 24.4 Å². The second-order valence-electron chi connectivity index (χ2n) is 4.26. The molecule has 23 heavy (non-hydrogen) atoms. The number of benzene rings is 1. The standard InChI is InChI=1S/C6H10O7.C6H5.Na.2H2O.Sb/c7-1-2(8)3(9)4(10)5(11)6(12)13;1-2-4-6-5-3-1;;;;/h2-5,7,10-11H,1H2,(H,12,13);1-5H;;2*1H2;/q-2;;+1;;;+2. The number of carboxylic acids is 1. The molecule has 1 aliphatic heterocycles. The number of hydrogen-bond donors (Lipinski definition) is 4. The fourth-order valence-electron chi connectivity index (χ4n) is 1.80. The van der Waals surface area contributed by atoms with E-state index in [1.54, 1.807) is 0 Å². The zero-order chi connectivity index (χ0) is 14.7. The molecule has 9 nitrogen and oxygen atoms in total. The minimum atomic E-state index is -2.81. The molecule has 0 aromatic heterocycles. The molecule has 2 rings (SSSR count). The molecule has 1 heterocycles. The van der Waals surface area contributed by atoms with Crippen LogP contribution in [-0.2, 0) is 10.8 Å². The van der Waals surface area contributed by atoms with Crippen LogP contribution in [-0.4, -0.2) is 89.4 Å².